The van der Waals surface area contributed by atoms with Crippen molar-refractivity contribution in [2.45, 2.75) is 40.2 Å². The molecular weight excluding hydrogens is 260 g/mol. The SMILES string of the molecule is CNC(CN1CC(C(C)C)CC1=O)c1ccc(C)cc1C. The Morgan fingerprint density at radius 1 is 1.33 bits per heavy atom. The first-order valence-corrected chi connectivity index (χ1v) is 7.94. The molecule has 1 aliphatic rings. The van der Waals surface area contributed by atoms with Gasteiger partial charge in [-0.2, -0.15) is 0 Å². The van der Waals surface area contributed by atoms with E-state index in [2.05, 4.69) is 51.2 Å². The molecule has 1 aromatic rings. The van der Waals surface area contributed by atoms with Crippen LogP contribution in [0.3, 0.4) is 0 Å². The van der Waals surface area contributed by atoms with Gasteiger partial charge in [0.2, 0.25) is 5.91 Å². The van der Waals surface area contributed by atoms with Gasteiger partial charge < -0.3 is 10.2 Å². The molecule has 1 fully saturated rings. The number of benzene rings is 1. The topological polar surface area (TPSA) is 32.3 Å². The fraction of sp³-hybridized carbons (Fsp3) is 0.611. The minimum atomic E-state index is 0.209. The van der Waals surface area contributed by atoms with Crippen LogP contribution in [0.25, 0.3) is 0 Å². The summed E-state index contributed by atoms with van der Waals surface area (Å²) >= 11 is 0. The Bertz CT molecular complexity index is 510. The number of likely N-dealkylation sites (N-methyl/N-ethyl adjacent to an activating group) is 1. The van der Waals surface area contributed by atoms with Crippen LogP contribution in [-0.2, 0) is 4.79 Å². The molecule has 1 heterocycles. The van der Waals surface area contributed by atoms with Gasteiger partial charge in [0.25, 0.3) is 0 Å². The molecule has 0 aromatic heterocycles. The highest BCUT2D eigenvalue weighted by atomic mass is 16.2. The third-order valence-electron chi connectivity index (χ3n) is 4.74. The highest BCUT2D eigenvalue weighted by Gasteiger charge is 2.32. The fourth-order valence-electron chi connectivity index (χ4n) is 3.21. The lowest BCUT2D eigenvalue weighted by atomic mass is 9.95. The van der Waals surface area contributed by atoms with Gasteiger partial charge in [0.05, 0.1) is 0 Å². The van der Waals surface area contributed by atoms with Crippen LogP contribution in [-0.4, -0.2) is 30.9 Å². The molecule has 0 radical (unpaired) electrons. The standard InChI is InChI=1S/C18H28N2O/c1-12(2)15-9-18(21)20(10-15)11-17(19-5)16-7-6-13(3)8-14(16)4/h6-8,12,15,17,19H,9-11H2,1-5H3. The Morgan fingerprint density at radius 3 is 2.57 bits per heavy atom. The van der Waals surface area contributed by atoms with Crippen LogP contribution in [0.4, 0.5) is 0 Å². The quantitative estimate of drug-likeness (QED) is 0.903. The van der Waals surface area contributed by atoms with Crippen LogP contribution in [0.1, 0.15) is 43.0 Å². The maximum absolute atomic E-state index is 12.2. The summed E-state index contributed by atoms with van der Waals surface area (Å²) in [5.41, 5.74) is 3.87. The monoisotopic (exact) mass is 288 g/mol. The Labute approximate surface area is 128 Å². The van der Waals surface area contributed by atoms with Crippen molar-refractivity contribution in [3.63, 3.8) is 0 Å². The summed E-state index contributed by atoms with van der Waals surface area (Å²) in [4.78, 5) is 14.2. The molecule has 2 atom stereocenters. The summed E-state index contributed by atoms with van der Waals surface area (Å²) in [5, 5.41) is 3.38. The van der Waals surface area contributed by atoms with Gasteiger partial charge in [-0.1, -0.05) is 37.6 Å². The van der Waals surface area contributed by atoms with Crippen molar-refractivity contribution in [3.05, 3.63) is 34.9 Å². The summed E-state index contributed by atoms with van der Waals surface area (Å²) in [6, 6.07) is 6.75. The summed E-state index contributed by atoms with van der Waals surface area (Å²) in [6.07, 6.45) is 0.709. The van der Waals surface area contributed by atoms with Crippen LogP contribution in [0.15, 0.2) is 18.2 Å². The van der Waals surface area contributed by atoms with Crippen molar-refractivity contribution >= 4 is 5.91 Å². The lowest BCUT2D eigenvalue weighted by molar-refractivity contribution is -0.128. The zero-order chi connectivity index (χ0) is 15.6. The number of carbonyl (C=O) groups is 1. The summed E-state index contributed by atoms with van der Waals surface area (Å²) in [5.74, 6) is 1.39. The molecule has 1 aliphatic heterocycles. The third-order valence-corrected chi connectivity index (χ3v) is 4.74. The lowest BCUT2D eigenvalue weighted by Gasteiger charge is -2.26. The van der Waals surface area contributed by atoms with E-state index in [0.29, 0.717) is 24.2 Å². The average molecular weight is 288 g/mol. The number of hydrogen-bond donors (Lipinski definition) is 1. The second-order valence-corrected chi connectivity index (χ2v) is 6.71. The summed E-state index contributed by atoms with van der Waals surface area (Å²) in [6.45, 7) is 10.3. The molecule has 3 nitrogen and oxygen atoms in total. The van der Waals surface area contributed by atoms with E-state index < -0.39 is 0 Å². The first-order chi connectivity index (χ1) is 9.92. The van der Waals surface area contributed by atoms with Crippen LogP contribution in [0, 0.1) is 25.7 Å². The lowest BCUT2D eigenvalue weighted by Crippen LogP contribution is -2.35. The molecule has 1 saturated heterocycles. The van der Waals surface area contributed by atoms with Crippen molar-refractivity contribution in [1.29, 1.82) is 0 Å². The van der Waals surface area contributed by atoms with E-state index in [1.165, 1.54) is 16.7 Å². The number of nitrogens with zero attached hydrogens (tertiary/aromatic N) is 1. The number of aryl methyl sites for hydroxylation is 2. The van der Waals surface area contributed by atoms with Crippen LogP contribution in [0.2, 0.25) is 0 Å². The Hall–Kier alpha value is -1.35. The van der Waals surface area contributed by atoms with Gasteiger partial charge in [-0.05, 0) is 43.9 Å². The maximum atomic E-state index is 12.2. The van der Waals surface area contributed by atoms with Crippen LogP contribution >= 0.6 is 0 Å². The van der Waals surface area contributed by atoms with E-state index in [-0.39, 0.29) is 6.04 Å². The fourth-order valence-corrected chi connectivity index (χ4v) is 3.21. The number of carbonyl (C=O) groups excluding carboxylic acids is 1. The van der Waals surface area contributed by atoms with Crippen LogP contribution < -0.4 is 5.32 Å². The smallest absolute Gasteiger partial charge is 0.222 e. The van der Waals surface area contributed by atoms with E-state index in [1.54, 1.807) is 0 Å². The second-order valence-electron chi connectivity index (χ2n) is 6.71. The summed E-state index contributed by atoms with van der Waals surface area (Å²) < 4.78 is 0. The van der Waals surface area contributed by atoms with Crippen molar-refractivity contribution in [2.75, 3.05) is 20.1 Å². The molecule has 0 spiro atoms. The number of nitrogens with one attached hydrogen (secondary N) is 1. The first kappa shape index (κ1) is 16.0. The van der Waals surface area contributed by atoms with Crippen LogP contribution in [0.5, 0.6) is 0 Å². The van der Waals surface area contributed by atoms with Gasteiger partial charge >= 0.3 is 0 Å². The predicted octanol–water partition coefficient (Wildman–Crippen LogP) is 3.07. The molecule has 1 aromatic carbocycles. The van der Waals surface area contributed by atoms with Crippen molar-refractivity contribution in [1.82, 2.24) is 10.2 Å². The highest BCUT2D eigenvalue weighted by molar-refractivity contribution is 5.78. The normalized spacial score (nSPS) is 20.4. The Kier molecular flexibility index (Phi) is 5.04. The van der Waals surface area contributed by atoms with Gasteiger partial charge in [-0.3, -0.25) is 4.79 Å². The van der Waals surface area contributed by atoms with Crippen molar-refractivity contribution in [2.24, 2.45) is 11.8 Å². The third kappa shape index (κ3) is 3.65. The number of likely N-dealkylation sites (tertiary alicyclic amines) is 1. The first-order valence-electron chi connectivity index (χ1n) is 7.94. The zero-order valence-corrected chi connectivity index (χ0v) is 13.9. The second kappa shape index (κ2) is 6.61. The van der Waals surface area contributed by atoms with E-state index in [9.17, 15) is 4.79 Å². The average Bonchev–Trinajstić information content (AvgIpc) is 2.78. The molecule has 2 rings (SSSR count). The molecule has 0 aliphatic carbocycles. The molecule has 0 bridgehead atoms. The Balaban J connectivity index is 2.11. The van der Waals surface area contributed by atoms with Crippen molar-refractivity contribution < 1.29 is 4.79 Å². The number of hydrogen-bond acceptors (Lipinski definition) is 2. The van der Waals surface area contributed by atoms with E-state index >= 15 is 0 Å². The maximum Gasteiger partial charge on any atom is 0.222 e. The Morgan fingerprint density at radius 2 is 2.05 bits per heavy atom. The minimum absolute atomic E-state index is 0.209. The zero-order valence-electron chi connectivity index (χ0n) is 13.9. The van der Waals surface area contributed by atoms with Gasteiger partial charge in [-0.25, -0.2) is 0 Å². The molecule has 1 N–H and O–H groups in total. The van der Waals surface area contributed by atoms with Gasteiger partial charge in [0.1, 0.15) is 0 Å². The molecule has 2 unspecified atom stereocenters. The predicted molar refractivity (Wildman–Crippen MR) is 87.2 cm³/mol. The van der Waals surface area contributed by atoms with E-state index in [4.69, 9.17) is 0 Å². The molecule has 0 saturated carbocycles. The molecule has 116 valence electrons. The van der Waals surface area contributed by atoms with E-state index in [1.807, 2.05) is 11.9 Å². The van der Waals surface area contributed by atoms with Gasteiger partial charge in [-0.15, -0.1) is 0 Å². The molecule has 3 heteroatoms. The number of amides is 1. The van der Waals surface area contributed by atoms with Gasteiger partial charge in [0.15, 0.2) is 0 Å². The molecular formula is C18H28N2O. The highest BCUT2D eigenvalue weighted by Crippen LogP contribution is 2.27. The molecule has 21 heavy (non-hydrogen) atoms. The van der Waals surface area contributed by atoms with Crippen molar-refractivity contribution in [3.8, 4) is 0 Å². The van der Waals surface area contributed by atoms with E-state index in [0.717, 1.165) is 13.1 Å². The molecule has 1 amide bonds. The number of rotatable bonds is 5. The van der Waals surface area contributed by atoms with Gasteiger partial charge in [0, 0.05) is 25.6 Å². The largest absolute Gasteiger partial charge is 0.340 e. The summed E-state index contributed by atoms with van der Waals surface area (Å²) in [7, 11) is 1.98. The minimum Gasteiger partial charge on any atom is -0.340 e.